The SMILES string of the molecule is COc1nccc2c1C[C@@]1(CN[C@@H](C)C1)O2. The third-order valence-electron chi connectivity index (χ3n) is 3.44. The average molecular weight is 220 g/mol. The molecule has 0 bridgehead atoms. The first kappa shape index (κ1) is 9.90. The van der Waals surface area contributed by atoms with E-state index in [9.17, 15) is 0 Å². The Morgan fingerprint density at radius 1 is 1.62 bits per heavy atom. The standard InChI is InChI=1S/C12H16N2O2/c1-8-5-12(7-14-8)6-9-10(16-12)3-4-13-11(9)15-2/h3-4,8,14H,5-7H2,1-2H3/t8-,12-/m0/s1. The molecule has 2 aliphatic heterocycles. The Labute approximate surface area is 95.0 Å². The molecule has 2 atom stereocenters. The highest BCUT2D eigenvalue weighted by Gasteiger charge is 2.45. The number of fused-ring (bicyclic) bond motifs is 1. The van der Waals surface area contributed by atoms with E-state index >= 15 is 0 Å². The molecule has 4 heteroatoms. The second-order valence-electron chi connectivity index (χ2n) is 4.74. The minimum Gasteiger partial charge on any atom is -0.485 e. The van der Waals surface area contributed by atoms with Gasteiger partial charge in [-0.05, 0) is 13.0 Å². The molecule has 0 saturated carbocycles. The van der Waals surface area contributed by atoms with Crippen LogP contribution in [-0.4, -0.2) is 30.3 Å². The summed E-state index contributed by atoms with van der Waals surface area (Å²) in [4.78, 5) is 4.22. The van der Waals surface area contributed by atoms with Gasteiger partial charge in [-0.15, -0.1) is 0 Å². The van der Waals surface area contributed by atoms with Gasteiger partial charge in [-0.1, -0.05) is 0 Å². The molecule has 3 heterocycles. The van der Waals surface area contributed by atoms with Gasteiger partial charge in [-0.2, -0.15) is 0 Å². The Balaban J connectivity index is 1.94. The zero-order valence-corrected chi connectivity index (χ0v) is 9.62. The molecule has 1 saturated heterocycles. The first-order valence-electron chi connectivity index (χ1n) is 5.67. The Morgan fingerprint density at radius 2 is 2.50 bits per heavy atom. The van der Waals surface area contributed by atoms with E-state index in [4.69, 9.17) is 9.47 Å². The quantitative estimate of drug-likeness (QED) is 0.771. The maximum atomic E-state index is 6.09. The normalized spacial score (nSPS) is 31.5. The van der Waals surface area contributed by atoms with Crippen LogP contribution in [0, 0.1) is 0 Å². The van der Waals surface area contributed by atoms with Gasteiger partial charge in [0.2, 0.25) is 5.88 Å². The van der Waals surface area contributed by atoms with Gasteiger partial charge in [0.1, 0.15) is 11.4 Å². The van der Waals surface area contributed by atoms with E-state index in [-0.39, 0.29) is 5.60 Å². The van der Waals surface area contributed by atoms with Crippen molar-refractivity contribution in [1.82, 2.24) is 10.3 Å². The second kappa shape index (κ2) is 3.35. The van der Waals surface area contributed by atoms with Gasteiger partial charge < -0.3 is 14.8 Å². The summed E-state index contributed by atoms with van der Waals surface area (Å²) in [6.07, 6.45) is 3.68. The molecular weight excluding hydrogens is 204 g/mol. The number of methoxy groups -OCH3 is 1. The largest absolute Gasteiger partial charge is 0.485 e. The van der Waals surface area contributed by atoms with E-state index in [1.54, 1.807) is 13.3 Å². The fourth-order valence-corrected chi connectivity index (χ4v) is 2.76. The number of nitrogens with one attached hydrogen (secondary N) is 1. The second-order valence-corrected chi connectivity index (χ2v) is 4.74. The summed E-state index contributed by atoms with van der Waals surface area (Å²) in [5, 5.41) is 3.44. The maximum Gasteiger partial charge on any atom is 0.220 e. The van der Waals surface area contributed by atoms with Gasteiger partial charge in [0.25, 0.3) is 0 Å². The van der Waals surface area contributed by atoms with Crippen LogP contribution in [-0.2, 0) is 6.42 Å². The van der Waals surface area contributed by atoms with Gasteiger partial charge >= 0.3 is 0 Å². The van der Waals surface area contributed by atoms with Crippen molar-refractivity contribution in [2.45, 2.75) is 31.4 Å². The molecule has 0 aliphatic carbocycles. The van der Waals surface area contributed by atoms with Crippen LogP contribution < -0.4 is 14.8 Å². The summed E-state index contributed by atoms with van der Waals surface area (Å²) in [5.41, 5.74) is 1.04. The van der Waals surface area contributed by atoms with E-state index in [0.29, 0.717) is 11.9 Å². The number of nitrogens with zero attached hydrogens (tertiary/aromatic N) is 1. The third-order valence-corrected chi connectivity index (χ3v) is 3.44. The number of aromatic nitrogens is 1. The summed E-state index contributed by atoms with van der Waals surface area (Å²) in [6, 6.07) is 2.45. The number of hydrogen-bond acceptors (Lipinski definition) is 4. The van der Waals surface area contributed by atoms with Crippen molar-refractivity contribution in [2.75, 3.05) is 13.7 Å². The molecule has 3 rings (SSSR count). The van der Waals surface area contributed by atoms with Crippen molar-refractivity contribution in [3.05, 3.63) is 17.8 Å². The Morgan fingerprint density at radius 3 is 3.19 bits per heavy atom. The molecule has 16 heavy (non-hydrogen) atoms. The predicted octanol–water partition coefficient (Wildman–Crippen LogP) is 1.15. The van der Waals surface area contributed by atoms with Crippen molar-refractivity contribution in [1.29, 1.82) is 0 Å². The summed E-state index contributed by atoms with van der Waals surface area (Å²) in [7, 11) is 1.66. The van der Waals surface area contributed by atoms with Crippen LogP contribution in [0.15, 0.2) is 12.3 Å². The third kappa shape index (κ3) is 1.37. The summed E-state index contributed by atoms with van der Waals surface area (Å²) in [5.74, 6) is 1.64. The first-order valence-corrected chi connectivity index (χ1v) is 5.67. The van der Waals surface area contributed by atoms with E-state index in [2.05, 4.69) is 17.2 Å². The minimum absolute atomic E-state index is 0.0714. The lowest BCUT2D eigenvalue weighted by Crippen LogP contribution is -2.36. The smallest absolute Gasteiger partial charge is 0.220 e. The monoisotopic (exact) mass is 220 g/mol. The Hall–Kier alpha value is -1.29. The highest BCUT2D eigenvalue weighted by Crippen LogP contribution is 2.42. The van der Waals surface area contributed by atoms with Crippen LogP contribution in [0.3, 0.4) is 0 Å². The molecule has 86 valence electrons. The van der Waals surface area contributed by atoms with Crippen LogP contribution >= 0.6 is 0 Å². The number of rotatable bonds is 1. The molecule has 2 aliphatic rings. The van der Waals surface area contributed by atoms with E-state index in [1.165, 1.54) is 0 Å². The topological polar surface area (TPSA) is 43.4 Å². The van der Waals surface area contributed by atoms with Gasteiger partial charge in [0.15, 0.2) is 0 Å². The van der Waals surface area contributed by atoms with Crippen LogP contribution in [0.25, 0.3) is 0 Å². The van der Waals surface area contributed by atoms with Gasteiger partial charge in [0.05, 0.1) is 12.7 Å². The zero-order valence-electron chi connectivity index (χ0n) is 9.62. The molecular formula is C12H16N2O2. The van der Waals surface area contributed by atoms with Crippen LogP contribution in [0.5, 0.6) is 11.6 Å². The van der Waals surface area contributed by atoms with Crippen molar-refractivity contribution in [2.24, 2.45) is 0 Å². The summed E-state index contributed by atoms with van der Waals surface area (Å²) >= 11 is 0. The average Bonchev–Trinajstić information content (AvgIpc) is 2.81. The molecule has 1 aromatic heterocycles. The minimum atomic E-state index is -0.0714. The maximum absolute atomic E-state index is 6.09. The number of ether oxygens (including phenoxy) is 2. The lowest BCUT2D eigenvalue weighted by Gasteiger charge is -2.21. The highest BCUT2D eigenvalue weighted by atomic mass is 16.5. The zero-order chi connectivity index (χ0) is 11.2. The lowest BCUT2D eigenvalue weighted by molar-refractivity contribution is 0.115. The first-order chi connectivity index (χ1) is 7.72. The van der Waals surface area contributed by atoms with Gasteiger partial charge in [-0.3, -0.25) is 0 Å². The molecule has 0 unspecified atom stereocenters. The van der Waals surface area contributed by atoms with Crippen LogP contribution in [0.1, 0.15) is 18.9 Å². The van der Waals surface area contributed by atoms with E-state index in [1.807, 2.05) is 6.07 Å². The molecule has 1 spiro atoms. The highest BCUT2D eigenvalue weighted by molar-refractivity contribution is 5.45. The molecule has 1 fully saturated rings. The van der Waals surface area contributed by atoms with E-state index < -0.39 is 0 Å². The van der Waals surface area contributed by atoms with E-state index in [0.717, 1.165) is 30.7 Å². The van der Waals surface area contributed by atoms with Gasteiger partial charge in [-0.25, -0.2) is 4.98 Å². The molecule has 0 radical (unpaired) electrons. The van der Waals surface area contributed by atoms with Crippen molar-refractivity contribution in [3.63, 3.8) is 0 Å². The molecule has 1 aromatic rings. The molecule has 0 aromatic carbocycles. The van der Waals surface area contributed by atoms with Crippen molar-refractivity contribution < 1.29 is 9.47 Å². The summed E-state index contributed by atoms with van der Waals surface area (Å²) < 4.78 is 11.4. The van der Waals surface area contributed by atoms with Crippen molar-refractivity contribution in [3.8, 4) is 11.6 Å². The number of hydrogen-bond donors (Lipinski definition) is 1. The molecule has 4 nitrogen and oxygen atoms in total. The predicted molar refractivity (Wildman–Crippen MR) is 59.9 cm³/mol. The Kier molecular flexibility index (Phi) is 2.07. The molecule has 0 amide bonds. The summed E-state index contributed by atoms with van der Waals surface area (Å²) in [6.45, 7) is 3.10. The van der Waals surface area contributed by atoms with Crippen LogP contribution in [0.2, 0.25) is 0 Å². The van der Waals surface area contributed by atoms with Gasteiger partial charge in [0, 0.05) is 31.6 Å². The van der Waals surface area contributed by atoms with Crippen molar-refractivity contribution >= 4 is 0 Å². The molecule has 1 N–H and O–H groups in total. The fourth-order valence-electron chi connectivity index (χ4n) is 2.76. The van der Waals surface area contributed by atoms with Crippen LogP contribution in [0.4, 0.5) is 0 Å². The lowest BCUT2D eigenvalue weighted by atomic mass is 9.95. The number of pyridine rings is 1. The Bertz CT molecular complexity index is 421. The fraction of sp³-hybridized carbons (Fsp3) is 0.583.